The van der Waals surface area contributed by atoms with Gasteiger partial charge < -0.3 is 14.5 Å². The lowest BCUT2D eigenvalue weighted by atomic mass is 10.2. The molecule has 7 heteroatoms. The summed E-state index contributed by atoms with van der Waals surface area (Å²) in [6, 6.07) is 17.6. The minimum Gasteiger partial charge on any atom is -0.485 e. The SMILES string of the molecule is CCN1C[C@H](CN(C)C(=O)c2cn(-c3ccccc3)nn2)Oc2ccccc21. The molecule has 2 heterocycles. The molecule has 0 spiro atoms. The molecule has 144 valence electrons. The summed E-state index contributed by atoms with van der Waals surface area (Å²) >= 11 is 0. The van der Waals surface area contributed by atoms with Crippen molar-refractivity contribution in [1.82, 2.24) is 19.9 Å². The summed E-state index contributed by atoms with van der Waals surface area (Å²) in [6.07, 6.45) is 1.55. The highest BCUT2D eigenvalue weighted by Crippen LogP contribution is 2.32. The first-order chi connectivity index (χ1) is 13.7. The number of amides is 1. The number of para-hydroxylation sites is 3. The molecular weight excluding hydrogens is 354 g/mol. The third-order valence-corrected chi connectivity index (χ3v) is 4.86. The van der Waals surface area contributed by atoms with Crippen molar-refractivity contribution in [3.63, 3.8) is 0 Å². The summed E-state index contributed by atoms with van der Waals surface area (Å²) in [5.41, 5.74) is 2.28. The molecule has 3 aromatic rings. The van der Waals surface area contributed by atoms with E-state index in [0.29, 0.717) is 12.2 Å². The molecule has 0 radical (unpaired) electrons. The molecule has 2 aromatic carbocycles. The van der Waals surface area contributed by atoms with Gasteiger partial charge in [0.1, 0.15) is 11.9 Å². The quantitative estimate of drug-likeness (QED) is 0.684. The first kappa shape index (κ1) is 18.0. The molecule has 1 aliphatic rings. The predicted molar refractivity (Wildman–Crippen MR) is 107 cm³/mol. The number of carbonyl (C=O) groups excluding carboxylic acids is 1. The van der Waals surface area contributed by atoms with Crippen LogP contribution in [0, 0.1) is 0 Å². The fraction of sp³-hybridized carbons (Fsp3) is 0.286. The maximum atomic E-state index is 12.8. The van der Waals surface area contributed by atoms with Gasteiger partial charge in [0.15, 0.2) is 5.69 Å². The minimum atomic E-state index is -0.173. The Kier molecular flexibility index (Phi) is 4.97. The van der Waals surface area contributed by atoms with Crippen molar-refractivity contribution in [1.29, 1.82) is 0 Å². The second-order valence-electron chi connectivity index (χ2n) is 6.82. The molecule has 1 atom stereocenters. The van der Waals surface area contributed by atoms with E-state index in [4.69, 9.17) is 4.74 Å². The fourth-order valence-corrected chi connectivity index (χ4v) is 3.43. The summed E-state index contributed by atoms with van der Waals surface area (Å²) in [7, 11) is 1.77. The second-order valence-corrected chi connectivity index (χ2v) is 6.82. The number of aromatic nitrogens is 3. The Labute approximate surface area is 164 Å². The lowest BCUT2D eigenvalue weighted by Gasteiger charge is -2.37. The van der Waals surface area contributed by atoms with E-state index < -0.39 is 0 Å². The van der Waals surface area contributed by atoms with E-state index in [1.807, 2.05) is 48.5 Å². The van der Waals surface area contributed by atoms with Crippen LogP contribution in [0.15, 0.2) is 60.8 Å². The lowest BCUT2D eigenvalue weighted by molar-refractivity contribution is 0.0704. The molecule has 1 amide bonds. The Morgan fingerprint density at radius 2 is 1.93 bits per heavy atom. The molecule has 0 saturated heterocycles. The van der Waals surface area contributed by atoms with Crippen LogP contribution in [-0.4, -0.2) is 58.6 Å². The smallest absolute Gasteiger partial charge is 0.275 e. The Bertz CT molecular complexity index is 956. The standard InChI is InChI=1S/C21H23N5O2/c1-3-25-14-17(28-20-12-8-7-11-19(20)25)13-24(2)21(27)18-15-26(23-22-18)16-9-5-4-6-10-16/h4-12,15,17H,3,13-14H2,1-2H3/t17-/m0/s1. The van der Waals surface area contributed by atoms with Gasteiger partial charge in [-0.2, -0.15) is 0 Å². The molecular formula is C21H23N5O2. The minimum absolute atomic E-state index is 0.104. The number of likely N-dealkylation sites (N-methyl/N-ethyl adjacent to an activating group) is 2. The highest BCUT2D eigenvalue weighted by atomic mass is 16.5. The average molecular weight is 377 g/mol. The Hall–Kier alpha value is -3.35. The Morgan fingerprint density at radius 1 is 1.18 bits per heavy atom. The third kappa shape index (κ3) is 3.55. The van der Waals surface area contributed by atoms with Crippen molar-refractivity contribution in [2.24, 2.45) is 0 Å². The van der Waals surface area contributed by atoms with Gasteiger partial charge in [0, 0.05) is 13.6 Å². The number of ether oxygens (including phenoxy) is 1. The van der Waals surface area contributed by atoms with E-state index >= 15 is 0 Å². The molecule has 0 saturated carbocycles. The molecule has 4 rings (SSSR count). The molecule has 0 N–H and O–H groups in total. The largest absolute Gasteiger partial charge is 0.485 e. The van der Waals surface area contributed by atoms with Gasteiger partial charge in [-0.25, -0.2) is 4.68 Å². The van der Waals surface area contributed by atoms with Crippen LogP contribution in [0.2, 0.25) is 0 Å². The summed E-state index contributed by atoms with van der Waals surface area (Å²) in [4.78, 5) is 16.7. The van der Waals surface area contributed by atoms with Crippen LogP contribution in [0.25, 0.3) is 5.69 Å². The third-order valence-electron chi connectivity index (χ3n) is 4.86. The van der Waals surface area contributed by atoms with E-state index in [1.54, 1.807) is 22.8 Å². The van der Waals surface area contributed by atoms with Crippen molar-refractivity contribution < 1.29 is 9.53 Å². The topological polar surface area (TPSA) is 63.5 Å². The van der Waals surface area contributed by atoms with Crippen molar-refractivity contribution in [2.75, 3.05) is 31.6 Å². The van der Waals surface area contributed by atoms with E-state index in [-0.39, 0.29) is 12.0 Å². The fourth-order valence-electron chi connectivity index (χ4n) is 3.43. The van der Waals surface area contributed by atoms with Gasteiger partial charge in [-0.1, -0.05) is 35.5 Å². The second kappa shape index (κ2) is 7.72. The van der Waals surface area contributed by atoms with Crippen LogP contribution in [-0.2, 0) is 0 Å². The summed E-state index contributed by atoms with van der Waals surface area (Å²) in [5.74, 6) is 0.684. The van der Waals surface area contributed by atoms with Gasteiger partial charge in [0.05, 0.1) is 30.7 Å². The van der Waals surface area contributed by atoms with E-state index in [1.165, 1.54) is 0 Å². The van der Waals surface area contributed by atoms with Crippen LogP contribution in [0.4, 0.5) is 5.69 Å². The highest BCUT2D eigenvalue weighted by molar-refractivity contribution is 5.91. The molecule has 0 bridgehead atoms. The average Bonchev–Trinajstić information content (AvgIpc) is 3.23. The van der Waals surface area contributed by atoms with Gasteiger partial charge in [-0.3, -0.25) is 4.79 Å². The van der Waals surface area contributed by atoms with Crippen LogP contribution in [0.3, 0.4) is 0 Å². The van der Waals surface area contributed by atoms with Gasteiger partial charge in [0.2, 0.25) is 0 Å². The zero-order valence-electron chi connectivity index (χ0n) is 16.0. The number of hydrogen-bond acceptors (Lipinski definition) is 5. The number of fused-ring (bicyclic) bond motifs is 1. The zero-order valence-corrected chi connectivity index (χ0v) is 16.0. The molecule has 1 aliphatic heterocycles. The Morgan fingerprint density at radius 3 is 2.71 bits per heavy atom. The number of hydrogen-bond donors (Lipinski definition) is 0. The molecule has 0 aliphatic carbocycles. The van der Waals surface area contributed by atoms with Gasteiger partial charge in [-0.15, -0.1) is 5.10 Å². The van der Waals surface area contributed by atoms with E-state index in [0.717, 1.165) is 30.2 Å². The number of nitrogens with zero attached hydrogens (tertiary/aromatic N) is 5. The van der Waals surface area contributed by atoms with Crippen LogP contribution in [0.1, 0.15) is 17.4 Å². The maximum Gasteiger partial charge on any atom is 0.275 e. The summed E-state index contributed by atoms with van der Waals surface area (Å²) in [6.45, 7) is 4.22. The molecule has 7 nitrogen and oxygen atoms in total. The van der Waals surface area contributed by atoms with Crippen molar-refractivity contribution in [3.8, 4) is 11.4 Å². The van der Waals surface area contributed by atoms with Crippen LogP contribution in [0.5, 0.6) is 5.75 Å². The number of anilines is 1. The Balaban J connectivity index is 1.45. The van der Waals surface area contributed by atoms with E-state index in [9.17, 15) is 4.79 Å². The first-order valence-corrected chi connectivity index (χ1v) is 9.39. The maximum absolute atomic E-state index is 12.8. The highest BCUT2D eigenvalue weighted by Gasteiger charge is 2.27. The van der Waals surface area contributed by atoms with Crippen molar-refractivity contribution in [2.45, 2.75) is 13.0 Å². The van der Waals surface area contributed by atoms with Gasteiger partial charge >= 0.3 is 0 Å². The molecule has 1 aromatic heterocycles. The molecule has 0 fully saturated rings. The van der Waals surface area contributed by atoms with Gasteiger partial charge in [0.25, 0.3) is 5.91 Å². The number of rotatable bonds is 5. The normalized spacial score (nSPS) is 15.6. The monoisotopic (exact) mass is 377 g/mol. The van der Waals surface area contributed by atoms with E-state index in [2.05, 4.69) is 28.2 Å². The summed E-state index contributed by atoms with van der Waals surface area (Å²) < 4.78 is 7.72. The predicted octanol–water partition coefficient (Wildman–Crippen LogP) is 2.63. The van der Waals surface area contributed by atoms with Gasteiger partial charge in [-0.05, 0) is 31.2 Å². The summed E-state index contributed by atoms with van der Waals surface area (Å²) in [5, 5.41) is 8.12. The molecule has 28 heavy (non-hydrogen) atoms. The zero-order chi connectivity index (χ0) is 19.5. The van der Waals surface area contributed by atoms with Crippen molar-refractivity contribution in [3.05, 3.63) is 66.5 Å². The lowest BCUT2D eigenvalue weighted by Crippen LogP contribution is -2.46. The number of benzene rings is 2. The van der Waals surface area contributed by atoms with Crippen molar-refractivity contribution >= 4 is 11.6 Å². The first-order valence-electron chi connectivity index (χ1n) is 9.39. The van der Waals surface area contributed by atoms with Crippen LogP contribution >= 0.6 is 0 Å². The number of carbonyl (C=O) groups is 1. The molecule has 0 unspecified atom stereocenters. The van der Waals surface area contributed by atoms with Crippen LogP contribution < -0.4 is 9.64 Å².